The Kier molecular flexibility index (Phi) is 2.55. The highest BCUT2D eigenvalue weighted by Gasteiger charge is 2.22. The maximum Gasteiger partial charge on any atom is 0.342 e. The zero-order chi connectivity index (χ0) is 10.9. The van der Waals surface area contributed by atoms with E-state index in [1.54, 1.807) is 6.20 Å². The molecule has 0 radical (unpaired) electrons. The Hall–Kier alpha value is -1.45. The maximum atomic E-state index is 11.6. The number of aromatic nitrogens is 1. The molecule has 0 aliphatic heterocycles. The molecular formula is C10H16N2O2. The fraction of sp³-hybridized carbons (Fsp3) is 0.500. The summed E-state index contributed by atoms with van der Waals surface area (Å²) in [5.41, 5.74) is 6.34. The normalized spacial score (nSPS) is 11.4. The number of ether oxygens (including phenoxy) is 1. The van der Waals surface area contributed by atoms with Crippen molar-refractivity contribution in [2.75, 3.05) is 5.73 Å². The Morgan fingerprint density at radius 1 is 1.50 bits per heavy atom. The van der Waals surface area contributed by atoms with Gasteiger partial charge in [-0.3, -0.25) is 0 Å². The number of H-pyrrole nitrogens is 1. The van der Waals surface area contributed by atoms with Crippen LogP contribution in [0.5, 0.6) is 0 Å². The average molecular weight is 196 g/mol. The first kappa shape index (κ1) is 10.6. The number of anilines is 1. The van der Waals surface area contributed by atoms with E-state index in [-0.39, 0.29) is 5.97 Å². The highest BCUT2D eigenvalue weighted by atomic mass is 16.6. The fourth-order valence-electron chi connectivity index (χ4n) is 1.14. The minimum Gasteiger partial charge on any atom is -0.456 e. The summed E-state index contributed by atoms with van der Waals surface area (Å²) in [5.74, 6) is -0.0227. The van der Waals surface area contributed by atoms with Crippen LogP contribution in [0.15, 0.2) is 6.20 Å². The van der Waals surface area contributed by atoms with E-state index in [0.717, 1.165) is 5.56 Å². The Labute approximate surface area is 83.4 Å². The molecule has 0 aliphatic rings. The first-order chi connectivity index (χ1) is 6.31. The second-order valence-corrected chi connectivity index (χ2v) is 4.26. The molecule has 0 atom stereocenters. The third kappa shape index (κ3) is 2.28. The number of carbonyl (C=O) groups is 1. The summed E-state index contributed by atoms with van der Waals surface area (Å²) in [7, 11) is 0. The number of aryl methyl sites for hydroxylation is 1. The molecule has 0 unspecified atom stereocenters. The number of nitrogen functional groups attached to an aromatic ring is 1. The number of esters is 1. The lowest BCUT2D eigenvalue weighted by Gasteiger charge is -2.19. The topological polar surface area (TPSA) is 68.1 Å². The number of hydrogen-bond donors (Lipinski definition) is 2. The summed E-state index contributed by atoms with van der Waals surface area (Å²) in [4.78, 5) is 14.4. The van der Waals surface area contributed by atoms with Crippen LogP contribution >= 0.6 is 0 Å². The Morgan fingerprint density at radius 2 is 2.07 bits per heavy atom. The predicted octanol–water partition coefficient (Wildman–Crippen LogP) is 1.86. The number of nitrogens with one attached hydrogen (secondary N) is 1. The van der Waals surface area contributed by atoms with Crippen molar-refractivity contribution >= 4 is 11.8 Å². The standard InChI is InChI=1S/C10H16N2O2/c1-6-5-12-8(11)7(6)9(13)14-10(2,3)4/h5,12H,11H2,1-4H3. The van der Waals surface area contributed by atoms with Crippen molar-refractivity contribution < 1.29 is 9.53 Å². The van der Waals surface area contributed by atoms with Gasteiger partial charge in [0.15, 0.2) is 0 Å². The van der Waals surface area contributed by atoms with Crippen molar-refractivity contribution in [1.82, 2.24) is 4.98 Å². The van der Waals surface area contributed by atoms with Crippen LogP contribution in [0, 0.1) is 6.92 Å². The van der Waals surface area contributed by atoms with Gasteiger partial charge in [-0.05, 0) is 33.3 Å². The summed E-state index contributed by atoms with van der Waals surface area (Å²) in [5, 5.41) is 0. The van der Waals surface area contributed by atoms with E-state index in [1.807, 2.05) is 27.7 Å². The summed E-state index contributed by atoms with van der Waals surface area (Å²) in [6.07, 6.45) is 1.69. The molecule has 0 aliphatic carbocycles. The molecule has 1 rings (SSSR count). The molecule has 0 aromatic carbocycles. The summed E-state index contributed by atoms with van der Waals surface area (Å²) in [6.45, 7) is 7.28. The van der Waals surface area contributed by atoms with Gasteiger partial charge in [-0.25, -0.2) is 4.79 Å². The molecule has 3 N–H and O–H groups in total. The van der Waals surface area contributed by atoms with E-state index in [4.69, 9.17) is 10.5 Å². The van der Waals surface area contributed by atoms with Crippen LogP contribution < -0.4 is 5.73 Å². The van der Waals surface area contributed by atoms with Gasteiger partial charge in [0, 0.05) is 6.20 Å². The van der Waals surface area contributed by atoms with Gasteiger partial charge in [0.2, 0.25) is 0 Å². The highest BCUT2D eigenvalue weighted by molar-refractivity contribution is 5.96. The number of aromatic amines is 1. The van der Waals surface area contributed by atoms with E-state index < -0.39 is 5.60 Å². The lowest BCUT2D eigenvalue weighted by Crippen LogP contribution is -2.24. The van der Waals surface area contributed by atoms with Gasteiger partial charge in [-0.15, -0.1) is 0 Å². The first-order valence-corrected chi connectivity index (χ1v) is 4.48. The second kappa shape index (κ2) is 3.36. The maximum absolute atomic E-state index is 11.6. The number of hydrogen-bond acceptors (Lipinski definition) is 3. The second-order valence-electron chi connectivity index (χ2n) is 4.26. The van der Waals surface area contributed by atoms with E-state index >= 15 is 0 Å². The Balaban J connectivity index is 2.90. The molecule has 0 amide bonds. The van der Waals surface area contributed by atoms with Crippen molar-refractivity contribution in [1.29, 1.82) is 0 Å². The molecule has 78 valence electrons. The molecule has 1 aromatic rings. The summed E-state index contributed by atoms with van der Waals surface area (Å²) >= 11 is 0. The molecule has 0 saturated heterocycles. The van der Waals surface area contributed by atoms with Gasteiger partial charge in [0.25, 0.3) is 0 Å². The molecule has 1 aromatic heterocycles. The van der Waals surface area contributed by atoms with Crippen LogP contribution in [-0.2, 0) is 4.74 Å². The van der Waals surface area contributed by atoms with E-state index in [1.165, 1.54) is 0 Å². The van der Waals surface area contributed by atoms with Gasteiger partial charge in [-0.2, -0.15) is 0 Å². The van der Waals surface area contributed by atoms with Crippen molar-refractivity contribution in [3.63, 3.8) is 0 Å². The molecule has 0 bridgehead atoms. The molecule has 0 fully saturated rings. The lowest BCUT2D eigenvalue weighted by atomic mass is 10.1. The Bertz CT molecular complexity index is 328. The minimum atomic E-state index is -0.493. The molecule has 4 heteroatoms. The van der Waals surface area contributed by atoms with Crippen molar-refractivity contribution in [3.8, 4) is 0 Å². The van der Waals surface area contributed by atoms with Crippen LogP contribution in [0.3, 0.4) is 0 Å². The van der Waals surface area contributed by atoms with Gasteiger partial charge < -0.3 is 15.5 Å². The molecule has 1 heterocycles. The monoisotopic (exact) mass is 196 g/mol. The number of rotatable bonds is 1. The SMILES string of the molecule is Cc1c[nH]c(N)c1C(=O)OC(C)(C)C. The summed E-state index contributed by atoms with van der Waals surface area (Å²) < 4.78 is 5.20. The molecular weight excluding hydrogens is 180 g/mol. The van der Waals surface area contributed by atoms with Gasteiger partial charge in [0.1, 0.15) is 17.0 Å². The largest absolute Gasteiger partial charge is 0.456 e. The number of nitrogens with two attached hydrogens (primary N) is 1. The van der Waals surface area contributed by atoms with Crippen molar-refractivity contribution in [2.24, 2.45) is 0 Å². The molecule has 0 saturated carbocycles. The lowest BCUT2D eigenvalue weighted by molar-refractivity contribution is 0.00704. The van der Waals surface area contributed by atoms with E-state index in [9.17, 15) is 4.79 Å². The predicted molar refractivity (Wildman–Crippen MR) is 55.1 cm³/mol. The van der Waals surface area contributed by atoms with Crippen molar-refractivity contribution in [2.45, 2.75) is 33.3 Å². The van der Waals surface area contributed by atoms with Gasteiger partial charge >= 0.3 is 5.97 Å². The number of carbonyl (C=O) groups excluding carboxylic acids is 1. The van der Waals surface area contributed by atoms with Crippen LogP contribution in [0.4, 0.5) is 5.82 Å². The quantitative estimate of drug-likeness (QED) is 0.673. The van der Waals surface area contributed by atoms with Gasteiger partial charge in [0.05, 0.1) is 0 Å². The molecule has 0 spiro atoms. The van der Waals surface area contributed by atoms with Crippen molar-refractivity contribution in [3.05, 3.63) is 17.3 Å². The van der Waals surface area contributed by atoms with Crippen LogP contribution in [0.25, 0.3) is 0 Å². The molecule has 4 nitrogen and oxygen atoms in total. The zero-order valence-electron chi connectivity index (χ0n) is 8.97. The van der Waals surface area contributed by atoms with E-state index in [2.05, 4.69) is 4.98 Å². The molecule has 14 heavy (non-hydrogen) atoms. The van der Waals surface area contributed by atoms with Crippen LogP contribution in [0.1, 0.15) is 36.7 Å². The van der Waals surface area contributed by atoms with E-state index in [0.29, 0.717) is 11.4 Å². The fourth-order valence-corrected chi connectivity index (χ4v) is 1.14. The average Bonchev–Trinajstić information content (AvgIpc) is 2.27. The minimum absolute atomic E-state index is 0.358. The smallest absolute Gasteiger partial charge is 0.342 e. The summed E-state index contributed by atoms with van der Waals surface area (Å²) in [6, 6.07) is 0. The van der Waals surface area contributed by atoms with Crippen LogP contribution in [-0.4, -0.2) is 16.6 Å². The third-order valence-corrected chi connectivity index (χ3v) is 1.71. The van der Waals surface area contributed by atoms with Crippen LogP contribution in [0.2, 0.25) is 0 Å². The Morgan fingerprint density at radius 3 is 2.43 bits per heavy atom. The zero-order valence-corrected chi connectivity index (χ0v) is 8.97. The highest BCUT2D eigenvalue weighted by Crippen LogP contribution is 2.19. The third-order valence-electron chi connectivity index (χ3n) is 1.71. The van der Waals surface area contributed by atoms with Gasteiger partial charge in [-0.1, -0.05) is 0 Å². The first-order valence-electron chi connectivity index (χ1n) is 4.48.